The summed E-state index contributed by atoms with van der Waals surface area (Å²) >= 11 is 12.4. The molecule has 1 aliphatic rings. The predicted molar refractivity (Wildman–Crippen MR) is 75.1 cm³/mol. The number of hydrogen-bond acceptors (Lipinski definition) is 1. The smallest absolute Gasteiger partial charge is 0.0627 e. The van der Waals surface area contributed by atoms with Crippen molar-refractivity contribution in [2.75, 3.05) is 6.54 Å². The first-order valence-corrected chi connectivity index (χ1v) is 7.17. The standard InChI is InChI=1S/C14H19Cl2N/c1-2-9-17-13-8-4-5-10(13)11-6-3-7-12(15)14(11)16/h3,6-7,10,13,17H,2,4-5,8-9H2,1H3. The van der Waals surface area contributed by atoms with Crippen LogP contribution in [0.4, 0.5) is 0 Å². The highest BCUT2D eigenvalue weighted by atomic mass is 35.5. The van der Waals surface area contributed by atoms with Gasteiger partial charge in [0.2, 0.25) is 0 Å². The molecule has 3 heteroatoms. The summed E-state index contributed by atoms with van der Waals surface area (Å²) in [5.41, 5.74) is 1.21. The average Bonchev–Trinajstić information content (AvgIpc) is 2.78. The van der Waals surface area contributed by atoms with Crippen molar-refractivity contribution in [3.63, 3.8) is 0 Å². The van der Waals surface area contributed by atoms with E-state index in [-0.39, 0.29) is 0 Å². The zero-order valence-corrected chi connectivity index (χ0v) is 11.7. The van der Waals surface area contributed by atoms with E-state index in [1.54, 1.807) is 0 Å². The summed E-state index contributed by atoms with van der Waals surface area (Å²) in [6, 6.07) is 6.53. The Morgan fingerprint density at radius 1 is 1.29 bits per heavy atom. The molecule has 1 aliphatic carbocycles. The second kappa shape index (κ2) is 6.08. The van der Waals surface area contributed by atoms with E-state index in [2.05, 4.69) is 18.3 Å². The van der Waals surface area contributed by atoms with Crippen molar-refractivity contribution >= 4 is 23.2 Å². The second-order valence-electron chi connectivity index (χ2n) is 4.74. The molecule has 0 spiro atoms. The Morgan fingerprint density at radius 3 is 2.88 bits per heavy atom. The summed E-state index contributed by atoms with van der Waals surface area (Å²) in [4.78, 5) is 0. The van der Waals surface area contributed by atoms with Crippen molar-refractivity contribution in [3.8, 4) is 0 Å². The Morgan fingerprint density at radius 2 is 2.12 bits per heavy atom. The Labute approximate surface area is 114 Å². The summed E-state index contributed by atoms with van der Waals surface area (Å²) in [5, 5.41) is 5.04. The fourth-order valence-corrected chi connectivity index (χ4v) is 3.16. The molecular formula is C14H19Cl2N. The van der Waals surface area contributed by atoms with Gasteiger partial charge in [0, 0.05) is 12.0 Å². The van der Waals surface area contributed by atoms with E-state index in [0.29, 0.717) is 17.0 Å². The summed E-state index contributed by atoms with van der Waals surface area (Å²) in [7, 11) is 0. The first kappa shape index (κ1) is 13.2. The molecule has 0 bridgehead atoms. The Kier molecular flexibility index (Phi) is 4.72. The Bertz CT molecular complexity index is 378. The molecule has 17 heavy (non-hydrogen) atoms. The largest absolute Gasteiger partial charge is 0.313 e. The van der Waals surface area contributed by atoms with Gasteiger partial charge in [-0.15, -0.1) is 0 Å². The van der Waals surface area contributed by atoms with Gasteiger partial charge in [0.05, 0.1) is 10.0 Å². The number of benzene rings is 1. The van der Waals surface area contributed by atoms with E-state index in [1.807, 2.05) is 12.1 Å². The van der Waals surface area contributed by atoms with Crippen LogP contribution in [-0.4, -0.2) is 12.6 Å². The first-order valence-electron chi connectivity index (χ1n) is 6.41. The molecule has 0 aliphatic heterocycles. The highest BCUT2D eigenvalue weighted by molar-refractivity contribution is 6.42. The lowest BCUT2D eigenvalue weighted by atomic mass is 9.94. The van der Waals surface area contributed by atoms with E-state index in [0.717, 1.165) is 11.6 Å². The third-order valence-corrected chi connectivity index (χ3v) is 4.39. The van der Waals surface area contributed by atoms with Crippen LogP contribution in [0.3, 0.4) is 0 Å². The molecule has 1 fully saturated rings. The van der Waals surface area contributed by atoms with Crippen molar-refractivity contribution in [2.24, 2.45) is 0 Å². The summed E-state index contributed by atoms with van der Waals surface area (Å²) in [5.74, 6) is 0.521. The van der Waals surface area contributed by atoms with E-state index in [9.17, 15) is 0 Å². The van der Waals surface area contributed by atoms with Gasteiger partial charge in [-0.25, -0.2) is 0 Å². The molecule has 1 N–H and O–H groups in total. The fourth-order valence-electron chi connectivity index (χ4n) is 2.71. The number of nitrogens with one attached hydrogen (secondary N) is 1. The third kappa shape index (κ3) is 2.96. The summed E-state index contributed by atoms with van der Waals surface area (Å²) < 4.78 is 0. The minimum atomic E-state index is 0.521. The van der Waals surface area contributed by atoms with Gasteiger partial charge in [-0.05, 0) is 37.4 Å². The Balaban J connectivity index is 2.17. The van der Waals surface area contributed by atoms with Gasteiger partial charge in [-0.2, -0.15) is 0 Å². The molecular weight excluding hydrogens is 253 g/mol. The van der Waals surface area contributed by atoms with Gasteiger partial charge in [0.1, 0.15) is 0 Å². The van der Waals surface area contributed by atoms with Crippen LogP contribution in [0.5, 0.6) is 0 Å². The molecule has 2 atom stereocenters. The van der Waals surface area contributed by atoms with E-state index >= 15 is 0 Å². The Hall–Kier alpha value is -0.240. The molecule has 1 aromatic rings. The lowest BCUT2D eigenvalue weighted by Crippen LogP contribution is -2.31. The quantitative estimate of drug-likeness (QED) is 0.842. The van der Waals surface area contributed by atoms with Crippen LogP contribution >= 0.6 is 23.2 Å². The molecule has 0 aromatic heterocycles. The first-order chi connectivity index (χ1) is 8.24. The van der Waals surface area contributed by atoms with Crippen molar-refractivity contribution in [1.29, 1.82) is 0 Å². The van der Waals surface area contributed by atoms with Gasteiger partial charge >= 0.3 is 0 Å². The SMILES string of the molecule is CCCNC1CCCC1c1cccc(Cl)c1Cl. The highest BCUT2D eigenvalue weighted by Crippen LogP contribution is 2.40. The minimum Gasteiger partial charge on any atom is -0.313 e. The molecule has 1 aromatic carbocycles. The second-order valence-corrected chi connectivity index (χ2v) is 5.53. The molecule has 2 rings (SSSR count). The van der Waals surface area contributed by atoms with E-state index < -0.39 is 0 Å². The molecule has 2 unspecified atom stereocenters. The molecule has 1 saturated carbocycles. The predicted octanol–water partition coefficient (Wildman–Crippen LogP) is 4.63. The van der Waals surface area contributed by atoms with E-state index in [4.69, 9.17) is 23.2 Å². The van der Waals surface area contributed by atoms with Crippen LogP contribution in [0.25, 0.3) is 0 Å². The van der Waals surface area contributed by atoms with Crippen LogP contribution in [0, 0.1) is 0 Å². The maximum absolute atomic E-state index is 6.31. The zero-order chi connectivity index (χ0) is 12.3. The molecule has 1 nitrogen and oxygen atoms in total. The number of rotatable bonds is 4. The van der Waals surface area contributed by atoms with E-state index in [1.165, 1.54) is 31.2 Å². The maximum atomic E-state index is 6.31. The molecule has 94 valence electrons. The van der Waals surface area contributed by atoms with Crippen molar-refractivity contribution < 1.29 is 0 Å². The lowest BCUT2D eigenvalue weighted by molar-refractivity contribution is 0.479. The number of hydrogen-bond donors (Lipinski definition) is 1. The summed E-state index contributed by atoms with van der Waals surface area (Å²) in [6.07, 6.45) is 4.90. The topological polar surface area (TPSA) is 12.0 Å². The third-order valence-electron chi connectivity index (χ3n) is 3.55. The normalized spacial score (nSPS) is 24.2. The van der Waals surface area contributed by atoms with Gasteiger partial charge in [0.15, 0.2) is 0 Å². The minimum absolute atomic E-state index is 0.521. The molecule has 0 saturated heterocycles. The van der Waals surface area contributed by atoms with Crippen molar-refractivity contribution in [2.45, 2.75) is 44.6 Å². The van der Waals surface area contributed by atoms with Crippen LogP contribution in [-0.2, 0) is 0 Å². The fraction of sp³-hybridized carbons (Fsp3) is 0.571. The monoisotopic (exact) mass is 271 g/mol. The maximum Gasteiger partial charge on any atom is 0.0627 e. The van der Waals surface area contributed by atoms with Crippen LogP contribution < -0.4 is 5.32 Å². The number of halogens is 2. The summed E-state index contributed by atoms with van der Waals surface area (Å²) in [6.45, 7) is 3.28. The zero-order valence-electron chi connectivity index (χ0n) is 10.2. The van der Waals surface area contributed by atoms with Gasteiger partial charge in [-0.1, -0.05) is 48.7 Å². The van der Waals surface area contributed by atoms with Crippen LogP contribution in [0.15, 0.2) is 18.2 Å². The van der Waals surface area contributed by atoms with Crippen molar-refractivity contribution in [1.82, 2.24) is 5.32 Å². The average molecular weight is 272 g/mol. The lowest BCUT2D eigenvalue weighted by Gasteiger charge is -2.22. The van der Waals surface area contributed by atoms with Gasteiger partial charge in [-0.3, -0.25) is 0 Å². The highest BCUT2D eigenvalue weighted by Gasteiger charge is 2.29. The van der Waals surface area contributed by atoms with Gasteiger partial charge in [0.25, 0.3) is 0 Å². The van der Waals surface area contributed by atoms with Crippen LogP contribution in [0.2, 0.25) is 10.0 Å². The van der Waals surface area contributed by atoms with Crippen molar-refractivity contribution in [3.05, 3.63) is 33.8 Å². The van der Waals surface area contributed by atoms with Crippen LogP contribution in [0.1, 0.15) is 44.1 Å². The van der Waals surface area contributed by atoms with Gasteiger partial charge < -0.3 is 5.32 Å². The molecule has 0 amide bonds. The molecule has 0 radical (unpaired) electrons. The molecule has 0 heterocycles.